The molecule has 1 unspecified atom stereocenters. The van der Waals surface area contributed by atoms with Gasteiger partial charge in [0.15, 0.2) is 0 Å². The number of phenolic OH excluding ortho intramolecular Hbond substituents is 1. The van der Waals surface area contributed by atoms with E-state index in [0.29, 0.717) is 31.6 Å². The Balaban J connectivity index is 1.42. The summed E-state index contributed by atoms with van der Waals surface area (Å²) in [5, 5.41) is 9.39. The maximum atomic E-state index is 13.0. The number of halogens is 3. The lowest BCUT2D eigenvalue weighted by atomic mass is 9.93. The van der Waals surface area contributed by atoms with Crippen molar-refractivity contribution >= 4 is 11.5 Å². The Morgan fingerprint density at radius 3 is 2.57 bits per heavy atom. The molecular formula is C20H20F3N3O2. The molecule has 2 aliphatic heterocycles. The highest BCUT2D eigenvalue weighted by atomic mass is 19.4. The molecule has 0 saturated carbocycles. The number of carbonyl (C=O) groups is 1. The number of nitrogens with zero attached hydrogens (tertiary/aromatic N) is 3. The van der Waals surface area contributed by atoms with Gasteiger partial charge in [0.25, 0.3) is 0 Å². The van der Waals surface area contributed by atoms with E-state index >= 15 is 0 Å². The number of imidazole rings is 1. The molecule has 1 amide bonds. The molecular weight excluding hydrogens is 371 g/mol. The Labute approximate surface area is 160 Å². The van der Waals surface area contributed by atoms with Crippen LogP contribution in [0.1, 0.15) is 29.9 Å². The van der Waals surface area contributed by atoms with E-state index < -0.39 is 12.0 Å². The predicted octanol–water partition coefficient (Wildman–Crippen LogP) is 3.49. The topological polar surface area (TPSA) is 58.4 Å². The van der Waals surface area contributed by atoms with E-state index in [2.05, 4.69) is 4.98 Å². The molecule has 1 N–H and O–H groups in total. The van der Waals surface area contributed by atoms with E-state index in [0.717, 1.165) is 11.1 Å². The number of hydrogen-bond acceptors (Lipinski definition) is 3. The first kappa shape index (κ1) is 18.6. The minimum Gasteiger partial charge on any atom is -0.508 e. The number of amides is 1. The van der Waals surface area contributed by atoms with E-state index in [-0.39, 0.29) is 30.5 Å². The van der Waals surface area contributed by atoms with Crippen molar-refractivity contribution in [2.45, 2.75) is 32.0 Å². The second-order valence-electron chi connectivity index (χ2n) is 7.22. The fraction of sp³-hybridized carbons (Fsp3) is 0.400. The van der Waals surface area contributed by atoms with Crippen molar-refractivity contribution in [2.75, 3.05) is 13.1 Å². The molecule has 1 aromatic heterocycles. The van der Waals surface area contributed by atoms with Crippen LogP contribution in [0.3, 0.4) is 0 Å². The van der Waals surface area contributed by atoms with E-state index in [1.165, 1.54) is 10.8 Å². The van der Waals surface area contributed by atoms with Crippen molar-refractivity contribution in [2.24, 2.45) is 5.92 Å². The lowest BCUT2D eigenvalue weighted by Crippen LogP contribution is -2.41. The highest BCUT2D eigenvalue weighted by Crippen LogP contribution is 2.33. The molecule has 3 heterocycles. The van der Waals surface area contributed by atoms with Gasteiger partial charge in [-0.2, -0.15) is 13.2 Å². The van der Waals surface area contributed by atoms with Gasteiger partial charge < -0.3 is 14.6 Å². The first-order chi connectivity index (χ1) is 13.3. The summed E-state index contributed by atoms with van der Waals surface area (Å²) in [6, 6.07) is 6.96. The van der Waals surface area contributed by atoms with Crippen molar-refractivity contribution in [1.82, 2.24) is 14.5 Å². The van der Waals surface area contributed by atoms with Crippen LogP contribution in [0.4, 0.5) is 13.2 Å². The van der Waals surface area contributed by atoms with E-state index in [1.807, 2.05) is 18.2 Å². The van der Waals surface area contributed by atoms with Gasteiger partial charge in [0.1, 0.15) is 5.75 Å². The molecule has 0 bridgehead atoms. The molecule has 28 heavy (non-hydrogen) atoms. The van der Waals surface area contributed by atoms with Gasteiger partial charge in [-0.25, -0.2) is 4.98 Å². The second-order valence-corrected chi connectivity index (χ2v) is 7.22. The molecule has 0 radical (unpaired) electrons. The average Bonchev–Trinajstić information content (AvgIpc) is 3.12. The van der Waals surface area contributed by atoms with Crippen molar-refractivity contribution in [3.8, 4) is 5.75 Å². The van der Waals surface area contributed by atoms with Crippen LogP contribution in [-0.4, -0.2) is 38.6 Å². The Kier molecular flexibility index (Phi) is 4.64. The summed E-state index contributed by atoms with van der Waals surface area (Å²) < 4.78 is 40.1. The number of fused-ring (bicyclic) bond motifs is 1. The van der Waals surface area contributed by atoms with Gasteiger partial charge in [0.05, 0.1) is 0 Å². The number of alkyl halides is 3. The molecule has 8 heteroatoms. The monoisotopic (exact) mass is 391 g/mol. The van der Waals surface area contributed by atoms with Crippen LogP contribution in [0, 0.1) is 5.92 Å². The minimum atomic E-state index is -4.47. The fourth-order valence-electron chi connectivity index (χ4n) is 3.97. The first-order valence-corrected chi connectivity index (χ1v) is 9.22. The van der Waals surface area contributed by atoms with Crippen molar-refractivity contribution < 1.29 is 23.1 Å². The molecule has 1 atom stereocenters. The Morgan fingerprint density at radius 2 is 1.93 bits per heavy atom. The predicted molar refractivity (Wildman–Crippen MR) is 96.3 cm³/mol. The average molecular weight is 391 g/mol. The van der Waals surface area contributed by atoms with Crippen molar-refractivity contribution in [3.63, 3.8) is 0 Å². The van der Waals surface area contributed by atoms with Crippen LogP contribution >= 0.6 is 0 Å². The SMILES string of the molecule is O=C(C1CCn2c(cnc2C(F)(F)F)C1)N1CC=C(c2ccc(O)cc2)CC1. The largest absolute Gasteiger partial charge is 0.508 e. The highest BCUT2D eigenvalue weighted by molar-refractivity contribution is 5.81. The maximum Gasteiger partial charge on any atom is 0.449 e. The molecule has 1 aromatic carbocycles. The molecule has 4 rings (SSSR count). The van der Waals surface area contributed by atoms with E-state index in [1.54, 1.807) is 17.0 Å². The third kappa shape index (κ3) is 3.50. The summed E-state index contributed by atoms with van der Waals surface area (Å²) in [6.07, 6.45) is 0.143. The molecule has 5 nitrogen and oxygen atoms in total. The zero-order valence-electron chi connectivity index (χ0n) is 15.1. The summed E-state index contributed by atoms with van der Waals surface area (Å²) in [7, 11) is 0. The normalized spacial score (nSPS) is 19.9. The summed E-state index contributed by atoms with van der Waals surface area (Å²) >= 11 is 0. The quantitative estimate of drug-likeness (QED) is 0.853. The van der Waals surface area contributed by atoms with Gasteiger partial charge in [0, 0.05) is 43.9 Å². The second kappa shape index (κ2) is 7.00. The van der Waals surface area contributed by atoms with Gasteiger partial charge in [-0.3, -0.25) is 4.79 Å². The first-order valence-electron chi connectivity index (χ1n) is 9.22. The van der Waals surface area contributed by atoms with Crippen molar-refractivity contribution in [1.29, 1.82) is 0 Å². The number of rotatable bonds is 2. The van der Waals surface area contributed by atoms with Gasteiger partial charge in [0.2, 0.25) is 11.7 Å². The Hall–Kier alpha value is -2.77. The molecule has 0 saturated heterocycles. The van der Waals surface area contributed by atoms with E-state index in [4.69, 9.17) is 0 Å². The molecule has 0 aliphatic carbocycles. The minimum absolute atomic E-state index is 0.0120. The van der Waals surface area contributed by atoms with Gasteiger partial charge in [-0.15, -0.1) is 0 Å². The van der Waals surface area contributed by atoms with Crippen molar-refractivity contribution in [3.05, 3.63) is 53.6 Å². The molecule has 148 valence electrons. The maximum absolute atomic E-state index is 13.0. The van der Waals surface area contributed by atoms with Gasteiger partial charge in [-0.05, 0) is 36.1 Å². The lowest BCUT2D eigenvalue weighted by molar-refractivity contribution is -0.147. The lowest BCUT2D eigenvalue weighted by Gasteiger charge is -2.32. The van der Waals surface area contributed by atoms with Crippen LogP contribution in [0.5, 0.6) is 5.75 Å². The molecule has 0 spiro atoms. The van der Waals surface area contributed by atoms with Crippen LogP contribution in [0.15, 0.2) is 36.5 Å². The number of carbonyl (C=O) groups excluding carboxylic acids is 1. The molecule has 0 fully saturated rings. The van der Waals surface area contributed by atoms with Crippen LogP contribution < -0.4 is 0 Å². The Bertz CT molecular complexity index is 916. The summed E-state index contributed by atoms with van der Waals surface area (Å²) in [5.41, 5.74) is 2.61. The Morgan fingerprint density at radius 1 is 1.18 bits per heavy atom. The van der Waals surface area contributed by atoms with Crippen LogP contribution in [-0.2, 0) is 23.9 Å². The zero-order chi connectivity index (χ0) is 19.9. The highest BCUT2D eigenvalue weighted by Gasteiger charge is 2.39. The van der Waals surface area contributed by atoms with Crippen LogP contribution in [0.25, 0.3) is 5.57 Å². The van der Waals surface area contributed by atoms with Crippen LogP contribution in [0.2, 0.25) is 0 Å². The third-order valence-corrected chi connectivity index (χ3v) is 5.46. The van der Waals surface area contributed by atoms with E-state index in [9.17, 15) is 23.1 Å². The standard InChI is InChI=1S/C20H20F3N3O2/c21-20(22,23)19-24-12-16-11-15(7-10-26(16)19)18(28)25-8-5-14(6-9-25)13-1-3-17(27)4-2-13/h1-5,12,15,27H,6-11H2. The van der Waals surface area contributed by atoms with Gasteiger partial charge in [-0.1, -0.05) is 18.2 Å². The number of benzene rings is 1. The molecule has 2 aliphatic rings. The third-order valence-electron chi connectivity index (χ3n) is 5.46. The summed E-state index contributed by atoms with van der Waals surface area (Å²) in [4.78, 5) is 18.1. The number of aromatic hydroxyl groups is 1. The summed E-state index contributed by atoms with van der Waals surface area (Å²) in [6.45, 7) is 1.22. The number of aromatic nitrogens is 2. The smallest absolute Gasteiger partial charge is 0.449 e. The molecule has 2 aromatic rings. The fourth-order valence-corrected chi connectivity index (χ4v) is 3.97. The van der Waals surface area contributed by atoms with Gasteiger partial charge >= 0.3 is 6.18 Å². The zero-order valence-corrected chi connectivity index (χ0v) is 15.1. The summed E-state index contributed by atoms with van der Waals surface area (Å²) in [5.74, 6) is -0.994. The number of hydrogen-bond donors (Lipinski definition) is 1. The number of phenols is 1.